The summed E-state index contributed by atoms with van der Waals surface area (Å²) in [7, 11) is 0. The van der Waals surface area contributed by atoms with Crippen LogP contribution in [0.1, 0.15) is 33.0 Å². The molecule has 0 atom stereocenters. The first-order chi connectivity index (χ1) is 12.5. The number of halogens is 1. The van der Waals surface area contributed by atoms with Gasteiger partial charge in [0, 0.05) is 5.56 Å². The number of aryl methyl sites for hydroxylation is 2. The monoisotopic (exact) mass is 366 g/mol. The molecule has 0 bridgehead atoms. The van der Waals surface area contributed by atoms with Crippen LogP contribution in [0.25, 0.3) is 6.08 Å². The molecule has 0 unspecified atom stereocenters. The molecule has 0 aliphatic heterocycles. The van der Waals surface area contributed by atoms with E-state index in [4.69, 9.17) is 20.8 Å². The number of furan rings is 1. The standard InChI is InChI=1S/C22H19ClO3/c1-15-6-8-17(9-7-15)21(24)13-12-18-10-11-19(26-18)14-25-22-16(2)4-3-5-20(22)23/h3-13H,14H2,1-2H3/b13-12+. The average molecular weight is 367 g/mol. The lowest BCUT2D eigenvalue weighted by Gasteiger charge is -2.09. The van der Waals surface area contributed by atoms with Gasteiger partial charge in [0.15, 0.2) is 5.78 Å². The van der Waals surface area contributed by atoms with Crippen molar-refractivity contribution in [2.45, 2.75) is 20.5 Å². The van der Waals surface area contributed by atoms with Gasteiger partial charge in [-0.05, 0) is 49.8 Å². The summed E-state index contributed by atoms with van der Waals surface area (Å²) in [4.78, 5) is 12.2. The zero-order chi connectivity index (χ0) is 18.5. The van der Waals surface area contributed by atoms with Crippen molar-refractivity contribution in [2.24, 2.45) is 0 Å². The van der Waals surface area contributed by atoms with E-state index in [0.717, 1.165) is 11.1 Å². The van der Waals surface area contributed by atoms with E-state index in [1.807, 2.05) is 56.3 Å². The van der Waals surface area contributed by atoms with Gasteiger partial charge in [-0.2, -0.15) is 0 Å². The molecule has 0 radical (unpaired) electrons. The topological polar surface area (TPSA) is 39.4 Å². The predicted molar refractivity (Wildman–Crippen MR) is 104 cm³/mol. The second kappa shape index (κ2) is 8.07. The molecule has 3 aromatic rings. The van der Waals surface area contributed by atoms with Gasteiger partial charge in [-0.15, -0.1) is 0 Å². The third-order valence-electron chi connectivity index (χ3n) is 3.94. The van der Waals surface area contributed by atoms with Crippen molar-refractivity contribution in [1.29, 1.82) is 0 Å². The van der Waals surface area contributed by atoms with Crippen molar-refractivity contribution < 1.29 is 13.9 Å². The fourth-order valence-corrected chi connectivity index (χ4v) is 2.75. The third kappa shape index (κ3) is 4.44. The third-order valence-corrected chi connectivity index (χ3v) is 4.24. The summed E-state index contributed by atoms with van der Waals surface area (Å²) in [6.45, 7) is 4.19. The highest BCUT2D eigenvalue weighted by molar-refractivity contribution is 6.32. The number of carbonyl (C=O) groups excluding carboxylic acids is 1. The van der Waals surface area contributed by atoms with Gasteiger partial charge in [0.05, 0.1) is 5.02 Å². The normalized spacial score (nSPS) is 11.0. The van der Waals surface area contributed by atoms with Crippen molar-refractivity contribution >= 4 is 23.5 Å². The number of rotatable bonds is 6. The van der Waals surface area contributed by atoms with E-state index in [1.54, 1.807) is 18.2 Å². The molecule has 3 rings (SSSR count). The quantitative estimate of drug-likeness (QED) is 0.395. The molecule has 0 amide bonds. The zero-order valence-electron chi connectivity index (χ0n) is 14.7. The van der Waals surface area contributed by atoms with Crippen LogP contribution < -0.4 is 4.74 Å². The van der Waals surface area contributed by atoms with Crippen LogP contribution in [0.5, 0.6) is 5.75 Å². The van der Waals surface area contributed by atoms with Crippen LogP contribution in [0.2, 0.25) is 5.02 Å². The van der Waals surface area contributed by atoms with E-state index in [2.05, 4.69) is 0 Å². The summed E-state index contributed by atoms with van der Waals surface area (Å²) < 4.78 is 11.4. The Bertz CT molecular complexity index is 916. The molecular weight excluding hydrogens is 348 g/mol. The first kappa shape index (κ1) is 18.0. The number of allylic oxidation sites excluding steroid dienone is 1. The lowest BCUT2D eigenvalue weighted by Crippen LogP contribution is -1.96. The van der Waals surface area contributed by atoms with Crippen LogP contribution >= 0.6 is 11.6 Å². The summed E-state index contributed by atoms with van der Waals surface area (Å²) in [6, 6.07) is 16.7. The minimum Gasteiger partial charge on any atom is -0.484 e. The van der Waals surface area contributed by atoms with Crippen molar-refractivity contribution in [3.8, 4) is 5.75 Å². The minimum absolute atomic E-state index is 0.0640. The lowest BCUT2D eigenvalue weighted by atomic mass is 10.1. The van der Waals surface area contributed by atoms with Crippen LogP contribution in [0.3, 0.4) is 0 Å². The summed E-state index contributed by atoms with van der Waals surface area (Å²) in [5.41, 5.74) is 2.74. The molecule has 1 aromatic heterocycles. The Kier molecular flexibility index (Phi) is 5.59. The van der Waals surface area contributed by atoms with E-state index in [0.29, 0.717) is 27.9 Å². The number of para-hydroxylation sites is 1. The van der Waals surface area contributed by atoms with Crippen molar-refractivity contribution in [3.63, 3.8) is 0 Å². The van der Waals surface area contributed by atoms with Gasteiger partial charge in [-0.25, -0.2) is 0 Å². The largest absolute Gasteiger partial charge is 0.484 e. The molecule has 4 heteroatoms. The molecule has 0 fully saturated rings. The van der Waals surface area contributed by atoms with Crippen LogP contribution in [0.15, 0.2) is 65.1 Å². The number of benzene rings is 2. The van der Waals surface area contributed by atoms with Crippen LogP contribution in [0.4, 0.5) is 0 Å². The lowest BCUT2D eigenvalue weighted by molar-refractivity contribution is 0.104. The van der Waals surface area contributed by atoms with Crippen LogP contribution in [-0.4, -0.2) is 5.78 Å². The van der Waals surface area contributed by atoms with Crippen molar-refractivity contribution in [3.05, 3.63) is 93.9 Å². The molecule has 0 spiro atoms. The van der Waals surface area contributed by atoms with Crippen molar-refractivity contribution in [2.75, 3.05) is 0 Å². The van der Waals surface area contributed by atoms with E-state index < -0.39 is 0 Å². The summed E-state index contributed by atoms with van der Waals surface area (Å²) >= 11 is 6.15. The number of hydrogen-bond acceptors (Lipinski definition) is 3. The Hall–Kier alpha value is -2.78. The molecule has 26 heavy (non-hydrogen) atoms. The maximum Gasteiger partial charge on any atom is 0.185 e. The molecule has 0 saturated heterocycles. The van der Waals surface area contributed by atoms with Gasteiger partial charge in [-0.3, -0.25) is 4.79 Å². The average Bonchev–Trinajstić information content (AvgIpc) is 3.08. The molecule has 3 nitrogen and oxygen atoms in total. The Labute approximate surface area is 157 Å². The van der Waals surface area contributed by atoms with Gasteiger partial charge < -0.3 is 9.15 Å². The number of ether oxygens (including phenoxy) is 1. The number of hydrogen-bond donors (Lipinski definition) is 0. The van der Waals surface area contributed by atoms with Gasteiger partial charge in [0.2, 0.25) is 0 Å². The molecule has 0 aliphatic rings. The Morgan fingerprint density at radius 1 is 1.08 bits per heavy atom. The van der Waals surface area contributed by atoms with E-state index in [1.165, 1.54) is 6.08 Å². The maximum atomic E-state index is 12.2. The Morgan fingerprint density at radius 3 is 2.58 bits per heavy atom. The summed E-state index contributed by atoms with van der Waals surface area (Å²) in [5.74, 6) is 1.84. The second-order valence-corrected chi connectivity index (χ2v) is 6.45. The van der Waals surface area contributed by atoms with E-state index >= 15 is 0 Å². The van der Waals surface area contributed by atoms with Gasteiger partial charge in [-0.1, -0.05) is 53.6 Å². The molecule has 132 valence electrons. The zero-order valence-corrected chi connectivity index (χ0v) is 15.4. The van der Waals surface area contributed by atoms with Crippen molar-refractivity contribution in [1.82, 2.24) is 0 Å². The summed E-state index contributed by atoms with van der Waals surface area (Å²) in [5, 5.41) is 0.570. The molecule has 1 heterocycles. The highest BCUT2D eigenvalue weighted by Gasteiger charge is 2.07. The fraction of sp³-hybridized carbons (Fsp3) is 0.136. The van der Waals surface area contributed by atoms with Crippen LogP contribution in [-0.2, 0) is 6.61 Å². The van der Waals surface area contributed by atoms with E-state index in [-0.39, 0.29) is 12.4 Å². The Morgan fingerprint density at radius 2 is 1.85 bits per heavy atom. The highest BCUT2D eigenvalue weighted by Crippen LogP contribution is 2.28. The predicted octanol–water partition coefficient (Wildman–Crippen LogP) is 6.02. The maximum absolute atomic E-state index is 12.2. The van der Waals surface area contributed by atoms with Gasteiger partial charge in [0.25, 0.3) is 0 Å². The fourth-order valence-electron chi connectivity index (χ4n) is 2.48. The molecule has 0 N–H and O–H groups in total. The Balaban J connectivity index is 1.62. The molecule has 0 aliphatic carbocycles. The second-order valence-electron chi connectivity index (χ2n) is 6.04. The minimum atomic E-state index is -0.0640. The molecule has 0 saturated carbocycles. The smallest absolute Gasteiger partial charge is 0.185 e. The molecular formula is C22H19ClO3. The number of ketones is 1. The van der Waals surface area contributed by atoms with Gasteiger partial charge >= 0.3 is 0 Å². The van der Waals surface area contributed by atoms with Crippen LogP contribution in [0, 0.1) is 13.8 Å². The number of carbonyl (C=O) groups is 1. The summed E-state index contributed by atoms with van der Waals surface area (Å²) in [6.07, 6.45) is 3.17. The highest BCUT2D eigenvalue weighted by atomic mass is 35.5. The van der Waals surface area contributed by atoms with E-state index in [9.17, 15) is 4.79 Å². The van der Waals surface area contributed by atoms with Gasteiger partial charge in [0.1, 0.15) is 23.9 Å². The molecule has 2 aromatic carbocycles. The first-order valence-electron chi connectivity index (χ1n) is 8.28. The first-order valence-corrected chi connectivity index (χ1v) is 8.66. The SMILES string of the molecule is Cc1ccc(C(=O)/C=C/c2ccc(COc3c(C)cccc3Cl)o2)cc1.